The van der Waals surface area contributed by atoms with Gasteiger partial charge in [-0.3, -0.25) is 14.4 Å². The predicted molar refractivity (Wildman–Crippen MR) is 80.9 cm³/mol. The number of nitrogens with one attached hydrogen (secondary N) is 2. The Kier molecular flexibility index (Phi) is 6.09. The van der Waals surface area contributed by atoms with Crippen LogP contribution >= 0.6 is 0 Å². The van der Waals surface area contributed by atoms with Crippen molar-refractivity contribution in [1.82, 2.24) is 10.6 Å². The minimum absolute atomic E-state index is 0.0738. The second-order valence-electron chi connectivity index (χ2n) is 5.86. The van der Waals surface area contributed by atoms with E-state index in [2.05, 4.69) is 10.6 Å². The van der Waals surface area contributed by atoms with E-state index in [1.54, 1.807) is 24.3 Å². The van der Waals surface area contributed by atoms with E-state index in [4.69, 9.17) is 0 Å². The first kappa shape index (κ1) is 16.9. The molecule has 0 aliphatic carbocycles. The van der Waals surface area contributed by atoms with E-state index in [1.807, 2.05) is 26.8 Å². The van der Waals surface area contributed by atoms with Crippen molar-refractivity contribution >= 4 is 17.6 Å². The summed E-state index contributed by atoms with van der Waals surface area (Å²) in [7, 11) is 0. The van der Waals surface area contributed by atoms with Crippen molar-refractivity contribution in [2.45, 2.75) is 39.2 Å². The Morgan fingerprint density at radius 2 is 1.57 bits per heavy atom. The molecule has 1 aromatic rings. The zero-order chi connectivity index (χ0) is 15.9. The normalized spacial score (nSPS) is 10.8. The van der Waals surface area contributed by atoms with Crippen molar-refractivity contribution in [2.75, 3.05) is 6.54 Å². The first-order valence-corrected chi connectivity index (χ1v) is 6.94. The number of benzene rings is 1. The van der Waals surface area contributed by atoms with Gasteiger partial charge in [0, 0.05) is 23.9 Å². The van der Waals surface area contributed by atoms with Crippen molar-refractivity contribution in [3.8, 4) is 0 Å². The summed E-state index contributed by atoms with van der Waals surface area (Å²) in [4.78, 5) is 35.0. The van der Waals surface area contributed by atoms with Crippen molar-refractivity contribution in [2.24, 2.45) is 0 Å². The summed E-state index contributed by atoms with van der Waals surface area (Å²) in [5.74, 6) is -0.626. The van der Waals surface area contributed by atoms with E-state index < -0.39 is 0 Å². The molecule has 5 nitrogen and oxygen atoms in total. The Morgan fingerprint density at radius 1 is 0.952 bits per heavy atom. The molecular formula is C16H22N2O3. The molecule has 2 amide bonds. The fraction of sp³-hybridized carbons (Fsp3) is 0.438. The molecule has 0 saturated carbocycles. The Hall–Kier alpha value is -2.17. The number of hydrogen-bond donors (Lipinski definition) is 2. The zero-order valence-electron chi connectivity index (χ0n) is 12.7. The van der Waals surface area contributed by atoms with E-state index in [0.717, 1.165) is 0 Å². The van der Waals surface area contributed by atoms with Gasteiger partial charge in [0.25, 0.3) is 0 Å². The number of ketones is 1. The molecule has 0 unspecified atom stereocenters. The molecule has 0 saturated heterocycles. The standard InChI is InChI=1S/C16H22N2O3/c1-16(2,3)18-15(21)11-17-14(20)10-9-13(19)12-7-5-4-6-8-12/h4-8H,9-11H2,1-3H3,(H,17,20)(H,18,21). The smallest absolute Gasteiger partial charge is 0.239 e. The van der Waals surface area contributed by atoms with Gasteiger partial charge >= 0.3 is 0 Å². The van der Waals surface area contributed by atoms with Gasteiger partial charge in [0.1, 0.15) is 0 Å². The minimum atomic E-state index is -0.328. The van der Waals surface area contributed by atoms with Crippen molar-refractivity contribution < 1.29 is 14.4 Å². The molecule has 0 aromatic heterocycles. The van der Waals surface area contributed by atoms with Crippen LogP contribution in [0, 0.1) is 0 Å². The molecule has 5 heteroatoms. The maximum absolute atomic E-state index is 11.8. The number of amides is 2. The highest BCUT2D eigenvalue weighted by molar-refractivity contribution is 5.98. The van der Waals surface area contributed by atoms with Gasteiger partial charge in [-0.25, -0.2) is 0 Å². The highest BCUT2D eigenvalue weighted by atomic mass is 16.2. The van der Waals surface area contributed by atoms with Gasteiger partial charge < -0.3 is 10.6 Å². The Labute approximate surface area is 125 Å². The molecule has 21 heavy (non-hydrogen) atoms. The summed E-state index contributed by atoms with van der Waals surface area (Å²) < 4.78 is 0. The van der Waals surface area contributed by atoms with Crippen molar-refractivity contribution in [1.29, 1.82) is 0 Å². The van der Waals surface area contributed by atoms with Crippen molar-refractivity contribution in [3.63, 3.8) is 0 Å². The monoisotopic (exact) mass is 290 g/mol. The lowest BCUT2D eigenvalue weighted by atomic mass is 10.1. The summed E-state index contributed by atoms with van der Waals surface area (Å²) in [6, 6.07) is 8.83. The first-order chi connectivity index (χ1) is 9.78. The third-order valence-electron chi connectivity index (χ3n) is 2.64. The molecule has 0 radical (unpaired) electrons. The molecule has 114 valence electrons. The molecule has 0 fully saturated rings. The van der Waals surface area contributed by atoms with Crippen LogP contribution < -0.4 is 10.6 Å². The minimum Gasteiger partial charge on any atom is -0.350 e. The molecule has 1 rings (SSSR count). The van der Waals surface area contributed by atoms with Gasteiger partial charge in [0.15, 0.2) is 5.78 Å². The third-order valence-corrected chi connectivity index (χ3v) is 2.64. The average Bonchev–Trinajstić information content (AvgIpc) is 2.41. The van der Waals surface area contributed by atoms with Crippen LogP contribution in [0.4, 0.5) is 0 Å². The lowest BCUT2D eigenvalue weighted by Gasteiger charge is -2.20. The van der Waals surface area contributed by atoms with E-state index in [0.29, 0.717) is 5.56 Å². The van der Waals surface area contributed by atoms with E-state index >= 15 is 0 Å². The lowest BCUT2D eigenvalue weighted by Crippen LogP contribution is -2.45. The Morgan fingerprint density at radius 3 is 2.14 bits per heavy atom. The molecule has 1 aromatic carbocycles. The van der Waals surface area contributed by atoms with Crippen LogP contribution in [0.25, 0.3) is 0 Å². The van der Waals surface area contributed by atoms with Gasteiger partial charge in [-0.05, 0) is 20.8 Å². The number of carbonyl (C=O) groups excluding carboxylic acids is 3. The molecule has 0 bridgehead atoms. The molecule has 0 heterocycles. The maximum atomic E-state index is 11.8. The summed E-state index contributed by atoms with van der Waals surface area (Å²) >= 11 is 0. The lowest BCUT2D eigenvalue weighted by molar-refractivity contribution is -0.126. The average molecular weight is 290 g/mol. The van der Waals surface area contributed by atoms with Gasteiger partial charge in [-0.15, -0.1) is 0 Å². The van der Waals surface area contributed by atoms with E-state index in [9.17, 15) is 14.4 Å². The third kappa shape index (κ3) is 7.25. The van der Waals surface area contributed by atoms with E-state index in [1.165, 1.54) is 0 Å². The quantitative estimate of drug-likeness (QED) is 0.783. The highest BCUT2D eigenvalue weighted by Crippen LogP contribution is 2.04. The first-order valence-electron chi connectivity index (χ1n) is 6.94. The molecule has 0 atom stereocenters. The maximum Gasteiger partial charge on any atom is 0.239 e. The van der Waals surface area contributed by atoms with Gasteiger partial charge in [-0.2, -0.15) is 0 Å². The van der Waals surface area contributed by atoms with Gasteiger partial charge in [0.2, 0.25) is 11.8 Å². The van der Waals surface area contributed by atoms with Gasteiger partial charge in [-0.1, -0.05) is 30.3 Å². The molecule has 0 aliphatic rings. The van der Waals surface area contributed by atoms with Crippen LogP contribution in [0.15, 0.2) is 30.3 Å². The van der Waals surface area contributed by atoms with Crippen LogP contribution in [0.3, 0.4) is 0 Å². The summed E-state index contributed by atoms with van der Waals surface area (Å²) in [5.41, 5.74) is 0.265. The summed E-state index contributed by atoms with van der Waals surface area (Å²) in [6.07, 6.45) is 0.216. The SMILES string of the molecule is CC(C)(C)NC(=O)CNC(=O)CCC(=O)c1ccccc1. The topological polar surface area (TPSA) is 75.3 Å². The van der Waals surface area contributed by atoms with Crippen LogP contribution in [0.5, 0.6) is 0 Å². The summed E-state index contributed by atoms with van der Waals surface area (Å²) in [5, 5.41) is 5.25. The second kappa shape index (κ2) is 7.57. The molecule has 0 aliphatic heterocycles. The molecule has 2 N–H and O–H groups in total. The predicted octanol–water partition coefficient (Wildman–Crippen LogP) is 1.68. The fourth-order valence-electron chi connectivity index (χ4n) is 1.73. The number of carbonyl (C=O) groups is 3. The Balaban J connectivity index is 2.29. The number of hydrogen-bond acceptors (Lipinski definition) is 3. The van der Waals surface area contributed by atoms with Crippen molar-refractivity contribution in [3.05, 3.63) is 35.9 Å². The number of rotatable bonds is 6. The van der Waals surface area contributed by atoms with E-state index in [-0.39, 0.29) is 42.5 Å². The van der Waals surface area contributed by atoms with Crippen LogP contribution in [-0.4, -0.2) is 29.7 Å². The zero-order valence-corrected chi connectivity index (χ0v) is 12.7. The highest BCUT2D eigenvalue weighted by Gasteiger charge is 2.14. The number of Topliss-reactive ketones (excluding diaryl/α,β-unsaturated/α-hetero) is 1. The molecule has 0 spiro atoms. The second-order valence-corrected chi connectivity index (χ2v) is 5.86. The van der Waals surface area contributed by atoms with Crippen LogP contribution in [0.1, 0.15) is 44.0 Å². The largest absolute Gasteiger partial charge is 0.350 e. The van der Waals surface area contributed by atoms with Crippen LogP contribution in [-0.2, 0) is 9.59 Å². The summed E-state index contributed by atoms with van der Waals surface area (Å²) in [6.45, 7) is 5.53. The Bertz CT molecular complexity index is 504. The molecular weight excluding hydrogens is 268 g/mol. The van der Waals surface area contributed by atoms with Gasteiger partial charge in [0.05, 0.1) is 6.54 Å². The fourth-order valence-corrected chi connectivity index (χ4v) is 1.73. The van der Waals surface area contributed by atoms with Crippen LogP contribution in [0.2, 0.25) is 0 Å².